The molecule has 1 aromatic carbocycles. The van der Waals surface area contributed by atoms with Gasteiger partial charge in [0.1, 0.15) is 34.6 Å². The first-order valence-electron chi connectivity index (χ1n) is 26.6. The molecule has 4 aliphatic heterocycles. The number of likely N-dealkylation sites (N-methyl/N-ethyl adjacent to an activating group) is 1. The van der Waals surface area contributed by atoms with Gasteiger partial charge in [0.2, 0.25) is 29.5 Å². The Labute approximate surface area is 457 Å². The van der Waals surface area contributed by atoms with E-state index in [1.54, 1.807) is 54.0 Å². The molecule has 4 heterocycles. The number of nitrogens with two attached hydrogens (primary N) is 1. The third-order valence-electron chi connectivity index (χ3n) is 15.3. The van der Waals surface area contributed by atoms with E-state index < -0.39 is 102 Å². The second-order valence-corrected chi connectivity index (χ2v) is 21.9. The van der Waals surface area contributed by atoms with Crippen LogP contribution in [0.15, 0.2) is 35.9 Å². The summed E-state index contributed by atoms with van der Waals surface area (Å²) in [7, 11) is 5.98. The molecule has 3 unspecified atom stereocenters. The molecule has 0 aliphatic carbocycles. The number of ether oxygens (including phenoxy) is 5. The Hall–Kier alpha value is -6.06. The number of hydrogen-bond acceptors (Lipinski definition) is 14. The lowest BCUT2D eigenvalue weighted by Crippen LogP contribution is -2.53. The molecule has 426 valence electrons. The van der Waals surface area contributed by atoms with Gasteiger partial charge in [0.15, 0.2) is 5.78 Å². The molecule has 4 bridgehead atoms. The minimum atomic E-state index is -1.29. The summed E-state index contributed by atoms with van der Waals surface area (Å²) in [4.78, 5) is 124. The zero-order valence-electron chi connectivity index (χ0n) is 46.4. The van der Waals surface area contributed by atoms with Gasteiger partial charge in [-0.15, -0.1) is 0 Å². The summed E-state index contributed by atoms with van der Waals surface area (Å²) >= 11 is 6.86. The Balaban J connectivity index is 1.35. The number of methoxy groups -OCH3 is 2. The number of alkyl carbamates (subject to hydrolysis) is 1. The number of carbonyl (C=O) groups is 9. The first-order chi connectivity index (χ1) is 36.3. The summed E-state index contributed by atoms with van der Waals surface area (Å²) in [6, 6.07) is 0.105. The summed E-state index contributed by atoms with van der Waals surface area (Å²) in [5, 5.41) is 8.38. The van der Waals surface area contributed by atoms with E-state index in [1.807, 2.05) is 32.1 Å². The van der Waals surface area contributed by atoms with E-state index in [-0.39, 0.29) is 79.8 Å². The summed E-state index contributed by atoms with van der Waals surface area (Å²) in [6.07, 6.45) is 4.17. The Bertz CT molecular complexity index is 2430. The SMILES string of the molecule is COc1cc2cc(c1Cl)N(C)C(=O)C[C@H](OC(=O)[C@H](C)N(C)C(=O)[C@H](CCCNC(N)=O)CC(=O)[C@@H](NC(=O)CCCCCN1C(=O)CC(C)C1=O)C(C)C)[C@]1(C)O[C@H]1[C@H](C)[C@@H]1CC(NC(=O)O1)C(OC)/C=C/C=C(\C)C2. The molecule has 0 radical (unpaired) electrons. The summed E-state index contributed by atoms with van der Waals surface area (Å²) in [5.74, 6) is -4.98. The number of rotatable bonds is 21. The zero-order chi connectivity index (χ0) is 57.1. The fraction of sp³-hybridized carbons (Fsp3) is 0.655. The van der Waals surface area contributed by atoms with E-state index in [9.17, 15) is 43.2 Å². The van der Waals surface area contributed by atoms with Crippen LogP contribution in [0.25, 0.3) is 0 Å². The lowest BCUT2D eigenvalue weighted by molar-refractivity contribution is -0.163. The number of nitrogens with zero attached hydrogens (tertiary/aromatic N) is 3. The number of unbranched alkanes of at least 4 members (excludes halogenated alkanes) is 2. The van der Waals surface area contributed by atoms with Crippen molar-refractivity contribution in [1.82, 2.24) is 25.8 Å². The van der Waals surface area contributed by atoms with Gasteiger partial charge in [-0.25, -0.2) is 14.4 Å². The van der Waals surface area contributed by atoms with Crippen molar-refractivity contribution in [1.29, 1.82) is 0 Å². The molecular formula is C55H80ClN7O14. The number of carbonyl (C=O) groups excluding carboxylic acids is 9. The maximum absolute atomic E-state index is 14.5. The van der Waals surface area contributed by atoms with Crippen LogP contribution in [0.3, 0.4) is 0 Å². The van der Waals surface area contributed by atoms with Gasteiger partial charge in [0, 0.05) is 77.7 Å². The number of anilines is 1. The van der Waals surface area contributed by atoms with Gasteiger partial charge in [-0.3, -0.25) is 33.7 Å². The highest BCUT2D eigenvalue weighted by atomic mass is 35.5. The molecule has 1 aromatic rings. The minimum absolute atomic E-state index is 0.0940. The first kappa shape index (κ1) is 61.8. The van der Waals surface area contributed by atoms with Crippen LogP contribution in [0, 0.1) is 23.7 Å². The van der Waals surface area contributed by atoms with E-state index in [0.29, 0.717) is 43.5 Å². The van der Waals surface area contributed by atoms with E-state index in [1.165, 1.54) is 35.8 Å². The monoisotopic (exact) mass is 1100 g/mol. The predicted molar refractivity (Wildman–Crippen MR) is 285 cm³/mol. The summed E-state index contributed by atoms with van der Waals surface area (Å²) in [5.41, 5.74) is 6.10. The van der Waals surface area contributed by atoms with Crippen molar-refractivity contribution in [2.24, 2.45) is 29.4 Å². The van der Waals surface area contributed by atoms with Gasteiger partial charge < -0.3 is 55.2 Å². The fourth-order valence-electron chi connectivity index (χ4n) is 10.4. The smallest absolute Gasteiger partial charge is 0.407 e. The highest BCUT2D eigenvalue weighted by Crippen LogP contribution is 2.49. The van der Waals surface area contributed by atoms with Crippen LogP contribution in [0.5, 0.6) is 5.75 Å². The van der Waals surface area contributed by atoms with Crippen molar-refractivity contribution in [3.05, 3.63) is 46.5 Å². The number of hydrogen-bond donors (Lipinski definition) is 4. The number of esters is 1. The van der Waals surface area contributed by atoms with Crippen molar-refractivity contribution in [3.63, 3.8) is 0 Å². The summed E-state index contributed by atoms with van der Waals surface area (Å²) in [6.45, 7) is 12.6. The maximum atomic E-state index is 14.5. The van der Waals surface area contributed by atoms with Crippen molar-refractivity contribution in [2.75, 3.05) is 46.3 Å². The van der Waals surface area contributed by atoms with Gasteiger partial charge in [-0.05, 0) is 76.5 Å². The van der Waals surface area contributed by atoms with Gasteiger partial charge in [0.25, 0.3) is 0 Å². The Morgan fingerprint density at radius 1 is 1.01 bits per heavy atom. The maximum Gasteiger partial charge on any atom is 0.407 e. The molecule has 21 nitrogen and oxygen atoms in total. The van der Waals surface area contributed by atoms with Crippen molar-refractivity contribution >= 4 is 70.7 Å². The second kappa shape index (κ2) is 27.5. The lowest BCUT2D eigenvalue weighted by Gasteiger charge is -2.36. The van der Waals surface area contributed by atoms with Crippen LogP contribution >= 0.6 is 11.6 Å². The number of urea groups is 1. The Kier molecular flexibility index (Phi) is 22.1. The molecule has 77 heavy (non-hydrogen) atoms. The number of imide groups is 1. The third kappa shape index (κ3) is 16.0. The molecule has 11 atom stereocenters. The van der Waals surface area contributed by atoms with Crippen LogP contribution in [0.1, 0.15) is 118 Å². The number of fused-ring (bicyclic) bond motifs is 5. The molecular weight excluding hydrogens is 1020 g/mol. The lowest BCUT2D eigenvalue weighted by atomic mass is 9.84. The highest BCUT2D eigenvalue weighted by molar-refractivity contribution is 6.35. The number of halogens is 1. The number of epoxide rings is 1. The largest absolute Gasteiger partial charge is 0.495 e. The van der Waals surface area contributed by atoms with Crippen LogP contribution in [0.4, 0.5) is 15.3 Å². The molecule has 3 saturated heterocycles. The van der Waals surface area contributed by atoms with Gasteiger partial charge in [-0.1, -0.05) is 69.5 Å². The second-order valence-electron chi connectivity index (χ2n) is 21.5. The average Bonchev–Trinajstić information content (AvgIpc) is 4.01. The number of benzene rings is 1. The van der Waals surface area contributed by atoms with Crippen molar-refractivity contribution < 1.29 is 66.8 Å². The van der Waals surface area contributed by atoms with Crippen LogP contribution in [-0.4, -0.2) is 153 Å². The number of amides is 8. The number of primary amides is 1. The predicted octanol–water partition coefficient (Wildman–Crippen LogP) is 5.31. The molecule has 8 amide bonds. The molecule has 22 heteroatoms. The van der Waals surface area contributed by atoms with Crippen LogP contribution in [-0.2, 0) is 58.9 Å². The van der Waals surface area contributed by atoms with E-state index in [4.69, 9.17) is 41.0 Å². The number of allylic oxidation sites excluding steroid dienone is 3. The molecule has 3 fully saturated rings. The first-order valence-corrected chi connectivity index (χ1v) is 27.0. The highest BCUT2D eigenvalue weighted by Gasteiger charge is 2.64. The zero-order valence-corrected chi connectivity index (χ0v) is 47.2. The van der Waals surface area contributed by atoms with E-state index in [0.717, 1.165) is 11.1 Å². The van der Waals surface area contributed by atoms with Gasteiger partial charge in [-0.2, -0.15) is 0 Å². The molecule has 4 aliphatic rings. The molecule has 0 spiro atoms. The van der Waals surface area contributed by atoms with Crippen LogP contribution in [0.2, 0.25) is 5.02 Å². The third-order valence-corrected chi connectivity index (χ3v) is 15.7. The van der Waals surface area contributed by atoms with Gasteiger partial charge >= 0.3 is 18.1 Å². The van der Waals surface area contributed by atoms with Gasteiger partial charge in [0.05, 0.1) is 43.5 Å². The number of Topliss-reactive ketones (excluding diaryl/α,β-unsaturated/α-hetero) is 1. The standard InChI is InChI=1S/C55H80ClN7O14/c1-30(2)48(60-44(65)20-13-12-14-22-63-46(67)24-32(4)50(63)68)39(64)27-36(18-16-21-58-53(57)71)51(69)61(8)34(6)52(70)76-43-29-45(66)62(9)38-25-35(26-42(74-11)47(38)56)23-31(3)17-15-19-40(73-10)37-28-41(75-54(72)59-37)33(5)49-55(43,7)77-49/h15,17,19,25-26,30,32-34,36-37,40-41,43,48-49H,12-14,16,18,20-24,27-29H2,1-11H3,(H,59,72)(H,60,65)(H3,57,58,71)/b19-15+,31-17+/t32?,33-,34+,36-,37?,40?,41+,43+,48+,49+,55+/m1/s1. The molecule has 5 N–H and O–H groups in total. The van der Waals surface area contributed by atoms with E-state index in [2.05, 4.69) is 16.0 Å². The van der Waals surface area contributed by atoms with Crippen molar-refractivity contribution in [2.45, 2.75) is 167 Å². The number of ketones is 1. The average molecular weight is 1100 g/mol. The van der Waals surface area contributed by atoms with Crippen LogP contribution < -0.4 is 31.3 Å². The Morgan fingerprint density at radius 2 is 1.73 bits per heavy atom. The minimum Gasteiger partial charge on any atom is -0.495 e. The van der Waals surface area contributed by atoms with Crippen molar-refractivity contribution in [3.8, 4) is 5.75 Å². The fourth-order valence-corrected chi connectivity index (χ4v) is 10.7. The molecule has 0 aromatic heterocycles. The topological polar surface area (TPSA) is 275 Å². The Morgan fingerprint density at radius 3 is 2.36 bits per heavy atom. The normalized spacial score (nSPS) is 27.0. The molecule has 5 rings (SSSR count). The quantitative estimate of drug-likeness (QED) is 0.0526. The summed E-state index contributed by atoms with van der Waals surface area (Å²) < 4.78 is 29.9. The van der Waals surface area contributed by atoms with E-state index >= 15 is 0 Å². The number of nitrogens with one attached hydrogen (secondary N) is 3. The molecule has 0 saturated carbocycles. The number of likely N-dealkylation sites (tertiary alicyclic amines) is 1.